The molecule has 0 radical (unpaired) electrons. The lowest BCUT2D eigenvalue weighted by Gasteiger charge is -2.07. The lowest BCUT2D eigenvalue weighted by molar-refractivity contribution is 0.196. The van der Waals surface area contributed by atoms with Crippen molar-refractivity contribution in [3.8, 4) is 0 Å². The predicted molar refractivity (Wildman–Crippen MR) is 103 cm³/mol. The summed E-state index contributed by atoms with van der Waals surface area (Å²) in [7, 11) is -2.03. The van der Waals surface area contributed by atoms with Crippen LogP contribution in [0.5, 0.6) is 0 Å². The second kappa shape index (κ2) is 8.13. The van der Waals surface area contributed by atoms with Gasteiger partial charge in [-0.05, 0) is 30.2 Å². The molecule has 0 aliphatic rings. The molecule has 8 heteroatoms. The van der Waals surface area contributed by atoms with Crippen molar-refractivity contribution in [2.45, 2.75) is 17.9 Å². The van der Waals surface area contributed by atoms with Gasteiger partial charge in [0.25, 0.3) is 0 Å². The SMILES string of the molecule is COCCCNS(=O)(=O)c1ccc2c(c1)sc(=O)n2Cc1ccccc1. The van der Waals surface area contributed by atoms with Crippen LogP contribution in [0.2, 0.25) is 0 Å². The van der Waals surface area contributed by atoms with Crippen LogP contribution < -0.4 is 9.60 Å². The number of hydrogen-bond acceptors (Lipinski definition) is 5. The highest BCUT2D eigenvalue weighted by Gasteiger charge is 2.16. The first kappa shape index (κ1) is 18.8. The van der Waals surface area contributed by atoms with Gasteiger partial charge in [0.1, 0.15) is 0 Å². The number of thiazole rings is 1. The molecule has 1 aromatic heterocycles. The Morgan fingerprint density at radius 2 is 1.92 bits per heavy atom. The first-order chi connectivity index (χ1) is 12.5. The number of sulfonamides is 1. The summed E-state index contributed by atoms with van der Waals surface area (Å²) in [5.74, 6) is 0. The molecule has 0 spiro atoms. The zero-order chi connectivity index (χ0) is 18.6. The van der Waals surface area contributed by atoms with Crippen LogP contribution in [-0.2, 0) is 21.3 Å². The summed E-state index contributed by atoms with van der Waals surface area (Å²) >= 11 is 1.06. The molecule has 3 aromatic rings. The molecule has 1 N–H and O–H groups in total. The maximum atomic E-state index is 12.4. The molecule has 0 aliphatic heterocycles. The van der Waals surface area contributed by atoms with Gasteiger partial charge in [-0.15, -0.1) is 0 Å². The van der Waals surface area contributed by atoms with E-state index >= 15 is 0 Å². The van der Waals surface area contributed by atoms with Gasteiger partial charge in [-0.2, -0.15) is 0 Å². The molecule has 0 amide bonds. The van der Waals surface area contributed by atoms with Crippen molar-refractivity contribution in [1.29, 1.82) is 0 Å². The summed E-state index contributed by atoms with van der Waals surface area (Å²) < 4.78 is 34.6. The second-order valence-electron chi connectivity index (χ2n) is 5.81. The van der Waals surface area contributed by atoms with Gasteiger partial charge in [-0.1, -0.05) is 41.7 Å². The van der Waals surface area contributed by atoms with Crippen molar-refractivity contribution in [2.75, 3.05) is 20.3 Å². The van der Waals surface area contributed by atoms with Crippen LogP contribution in [0, 0.1) is 0 Å². The Morgan fingerprint density at radius 1 is 1.15 bits per heavy atom. The smallest absolute Gasteiger partial charge is 0.308 e. The van der Waals surface area contributed by atoms with Gasteiger partial charge in [0.15, 0.2) is 0 Å². The fourth-order valence-electron chi connectivity index (χ4n) is 2.64. The molecule has 1 heterocycles. The predicted octanol–water partition coefficient (Wildman–Crippen LogP) is 2.43. The van der Waals surface area contributed by atoms with Gasteiger partial charge < -0.3 is 4.74 Å². The van der Waals surface area contributed by atoms with Crippen LogP contribution in [-0.4, -0.2) is 33.2 Å². The van der Waals surface area contributed by atoms with Crippen molar-refractivity contribution >= 4 is 31.6 Å². The molecule has 0 fully saturated rings. The number of nitrogens with zero attached hydrogens (tertiary/aromatic N) is 1. The summed E-state index contributed by atoms with van der Waals surface area (Å²) in [5, 5.41) is 0. The molecular weight excluding hydrogens is 372 g/mol. The summed E-state index contributed by atoms with van der Waals surface area (Å²) in [6.45, 7) is 1.26. The van der Waals surface area contributed by atoms with Gasteiger partial charge >= 0.3 is 4.87 Å². The van der Waals surface area contributed by atoms with Crippen molar-refractivity contribution in [2.24, 2.45) is 0 Å². The minimum Gasteiger partial charge on any atom is -0.385 e. The molecule has 138 valence electrons. The van der Waals surface area contributed by atoms with Crippen LogP contribution in [0.25, 0.3) is 10.2 Å². The normalized spacial score (nSPS) is 11.9. The molecule has 6 nitrogen and oxygen atoms in total. The van der Waals surface area contributed by atoms with Gasteiger partial charge in [0.05, 0.1) is 21.7 Å². The van der Waals surface area contributed by atoms with Gasteiger partial charge in [0.2, 0.25) is 10.0 Å². The van der Waals surface area contributed by atoms with E-state index in [1.54, 1.807) is 23.8 Å². The lowest BCUT2D eigenvalue weighted by atomic mass is 10.2. The molecule has 0 saturated carbocycles. The molecule has 0 saturated heterocycles. The number of aromatic nitrogens is 1. The fraction of sp³-hybridized carbons (Fsp3) is 0.278. The maximum Gasteiger partial charge on any atom is 0.308 e. The molecule has 3 rings (SSSR count). The Labute approximate surface area is 156 Å². The number of hydrogen-bond donors (Lipinski definition) is 1. The lowest BCUT2D eigenvalue weighted by Crippen LogP contribution is -2.25. The van der Waals surface area contributed by atoms with Gasteiger partial charge in [-0.3, -0.25) is 9.36 Å². The first-order valence-electron chi connectivity index (χ1n) is 8.17. The minimum atomic E-state index is -3.60. The topological polar surface area (TPSA) is 77.4 Å². The zero-order valence-electron chi connectivity index (χ0n) is 14.3. The number of rotatable bonds is 8. The van der Waals surface area contributed by atoms with E-state index in [4.69, 9.17) is 4.74 Å². The maximum absolute atomic E-state index is 12.4. The largest absolute Gasteiger partial charge is 0.385 e. The van der Waals surface area contributed by atoms with Gasteiger partial charge in [0, 0.05) is 20.3 Å². The Bertz CT molecular complexity index is 1040. The summed E-state index contributed by atoms with van der Waals surface area (Å²) in [5.41, 5.74) is 1.76. The highest BCUT2D eigenvalue weighted by molar-refractivity contribution is 7.89. The third kappa shape index (κ3) is 4.21. The number of methoxy groups -OCH3 is 1. The van der Waals surface area contributed by atoms with Crippen molar-refractivity contribution < 1.29 is 13.2 Å². The van der Waals surface area contributed by atoms with Crippen molar-refractivity contribution in [1.82, 2.24) is 9.29 Å². The fourth-order valence-corrected chi connectivity index (χ4v) is 4.74. The Kier molecular flexibility index (Phi) is 5.87. The molecule has 0 unspecified atom stereocenters. The molecule has 2 aromatic carbocycles. The third-order valence-corrected chi connectivity index (χ3v) is 6.35. The highest BCUT2D eigenvalue weighted by atomic mass is 32.2. The van der Waals surface area contributed by atoms with Crippen LogP contribution in [0.15, 0.2) is 58.2 Å². The summed E-state index contributed by atoms with van der Waals surface area (Å²) in [4.78, 5) is 12.4. The summed E-state index contributed by atoms with van der Waals surface area (Å²) in [6, 6.07) is 14.5. The monoisotopic (exact) mass is 392 g/mol. The van der Waals surface area contributed by atoms with E-state index in [0.717, 1.165) is 22.4 Å². The van der Waals surface area contributed by atoms with E-state index in [-0.39, 0.29) is 9.77 Å². The van der Waals surface area contributed by atoms with E-state index in [9.17, 15) is 13.2 Å². The average Bonchev–Trinajstić information content (AvgIpc) is 2.94. The van der Waals surface area contributed by atoms with E-state index in [1.807, 2.05) is 30.3 Å². The Balaban J connectivity index is 1.87. The van der Waals surface area contributed by atoms with E-state index in [2.05, 4.69) is 4.72 Å². The van der Waals surface area contributed by atoms with Crippen LogP contribution in [0.3, 0.4) is 0 Å². The molecule has 26 heavy (non-hydrogen) atoms. The molecule has 0 aliphatic carbocycles. The number of benzene rings is 2. The van der Waals surface area contributed by atoms with Crippen molar-refractivity contribution in [3.63, 3.8) is 0 Å². The molecule has 0 atom stereocenters. The van der Waals surface area contributed by atoms with E-state index < -0.39 is 10.0 Å². The van der Waals surface area contributed by atoms with Gasteiger partial charge in [-0.25, -0.2) is 13.1 Å². The number of ether oxygens (including phenoxy) is 1. The van der Waals surface area contributed by atoms with Crippen LogP contribution in [0.1, 0.15) is 12.0 Å². The molecule has 0 bridgehead atoms. The standard InChI is InChI=1S/C18H20N2O4S2/c1-24-11-5-10-19-26(22,23)15-8-9-16-17(12-15)25-18(21)20(16)13-14-6-3-2-4-7-14/h2-4,6-9,12,19H,5,10-11,13H2,1H3. The quantitative estimate of drug-likeness (QED) is 0.597. The highest BCUT2D eigenvalue weighted by Crippen LogP contribution is 2.22. The zero-order valence-corrected chi connectivity index (χ0v) is 16.0. The van der Waals surface area contributed by atoms with E-state index in [0.29, 0.717) is 30.8 Å². The first-order valence-corrected chi connectivity index (χ1v) is 10.5. The number of nitrogens with one attached hydrogen (secondary N) is 1. The van der Waals surface area contributed by atoms with Crippen LogP contribution in [0.4, 0.5) is 0 Å². The second-order valence-corrected chi connectivity index (χ2v) is 8.57. The average molecular weight is 393 g/mol. The Morgan fingerprint density at radius 3 is 2.65 bits per heavy atom. The van der Waals surface area contributed by atoms with E-state index in [1.165, 1.54) is 6.07 Å². The minimum absolute atomic E-state index is 0.105. The Hall–Kier alpha value is -2.00. The number of fused-ring (bicyclic) bond motifs is 1. The third-order valence-electron chi connectivity index (χ3n) is 3.95. The molecular formula is C18H20N2O4S2. The van der Waals surface area contributed by atoms with Crippen molar-refractivity contribution in [3.05, 3.63) is 63.8 Å². The van der Waals surface area contributed by atoms with Crippen LogP contribution >= 0.6 is 11.3 Å². The summed E-state index contributed by atoms with van der Waals surface area (Å²) in [6.07, 6.45) is 0.596.